The number of amides is 1. The largest absolute Gasteiger partial charge is 0.415 e. The second kappa shape index (κ2) is 9.20. The van der Waals surface area contributed by atoms with E-state index in [4.69, 9.17) is 4.74 Å². The van der Waals surface area contributed by atoms with Crippen molar-refractivity contribution >= 4 is 6.09 Å². The van der Waals surface area contributed by atoms with Gasteiger partial charge in [0.25, 0.3) is 0 Å². The van der Waals surface area contributed by atoms with Crippen molar-refractivity contribution in [2.45, 2.75) is 44.2 Å². The van der Waals surface area contributed by atoms with E-state index in [0.29, 0.717) is 11.7 Å². The minimum Gasteiger partial charge on any atom is -0.410 e. The molecule has 3 rings (SSSR count). The van der Waals surface area contributed by atoms with Crippen molar-refractivity contribution < 1.29 is 13.9 Å². The Kier molecular flexibility index (Phi) is 6.68. The van der Waals surface area contributed by atoms with Crippen molar-refractivity contribution in [2.24, 2.45) is 0 Å². The maximum absolute atomic E-state index is 13.0. The summed E-state index contributed by atoms with van der Waals surface area (Å²) in [6, 6.07) is 14.6. The molecular weight excluding hydrogens is 355 g/mol. The van der Waals surface area contributed by atoms with Gasteiger partial charge in [0, 0.05) is 19.6 Å². The molecule has 0 aliphatic heterocycles. The number of hydrogen-bond acceptors (Lipinski definition) is 3. The van der Waals surface area contributed by atoms with Gasteiger partial charge in [-0.25, -0.2) is 9.18 Å². The van der Waals surface area contributed by atoms with Crippen molar-refractivity contribution in [3.63, 3.8) is 0 Å². The fourth-order valence-electron chi connectivity index (χ4n) is 3.88. The van der Waals surface area contributed by atoms with E-state index in [0.717, 1.165) is 32.2 Å². The predicted octanol–water partition coefficient (Wildman–Crippen LogP) is 5.04. The minimum atomic E-state index is -0.386. The van der Waals surface area contributed by atoms with Gasteiger partial charge in [-0.2, -0.15) is 0 Å². The molecule has 1 aliphatic rings. The third-order valence-corrected chi connectivity index (χ3v) is 5.50. The number of ether oxygens (including phenoxy) is 1. The number of halogens is 1. The van der Waals surface area contributed by atoms with Gasteiger partial charge in [0.2, 0.25) is 0 Å². The molecule has 0 bridgehead atoms. The van der Waals surface area contributed by atoms with Crippen LogP contribution in [0.5, 0.6) is 5.75 Å². The second-order valence-corrected chi connectivity index (χ2v) is 7.92. The lowest BCUT2D eigenvalue weighted by Gasteiger charge is -2.34. The molecule has 0 unspecified atom stereocenters. The zero-order valence-electron chi connectivity index (χ0n) is 16.9. The van der Waals surface area contributed by atoms with Crippen molar-refractivity contribution in [1.29, 1.82) is 0 Å². The van der Waals surface area contributed by atoms with E-state index in [1.165, 1.54) is 35.4 Å². The Labute approximate surface area is 166 Å². The maximum Gasteiger partial charge on any atom is 0.415 e. The Morgan fingerprint density at radius 3 is 2.14 bits per heavy atom. The quantitative estimate of drug-likeness (QED) is 0.724. The average Bonchev–Trinajstić information content (AvgIpc) is 2.69. The van der Waals surface area contributed by atoms with Crippen molar-refractivity contribution in [3.05, 3.63) is 65.5 Å². The molecule has 0 spiro atoms. The van der Waals surface area contributed by atoms with Gasteiger partial charge in [-0.05, 0) is 81.1 Å². The summed E-state index contributed by atoms with van der Waals surface area (Å²) in [7, 11) is 5.94. The summed E-state index contributed by atoms with van der Waals surface area (Å²) in [5.74, 6) is 0.567. The third-order valence-electron chi connectivity index (χ3n) is 5.50. The van der Waals surface area contributed by atoms with Crippen LogP contribution < -0.4 is 4.74 Å². The summed E-state index contributed by atoms with van der Waals surface area (Å²) in [4.78, 5) is 16.2. The number of carbonyl (C=O) groups is 1. The molecule has 5 heteroatoms. The predicted molar refractivity (Wildman–Crippen MR) is 109 cm³/mol. The normalized spacial score (nSPS) is 19.5. The van der Waals surface area contributed by atoms with E-state index in [9.17, 15) is 9.18 Å². The minimum absolute atomic E-state index is 0.178. The summed E-state index contributed by atoms with van der Waals surface area (Å²) >= 11 is 0. The first-order valence-corrected chi connectivity index (χ1v) is 9.86. The van der Waals surface area contributed by atoms with Crippen molar-refractivity contribution in [1.82, 2.24) is 9.80 Å². The Bertz CT molecular complexity index is 766. The zero-order valence-corrected chi connectivity index (χ0v) is 16.9. The van der Waals surface area contributed by atoms with Crippen LogP contribution >= 0.6 is 0 Å². The number of benzene rings is 2. The molecule has 0 N–H and O–H groups in total. The molecule has 1 aliphatic carbocycles. The van der Waals surface area contributed by atoms with Crippen LogP contribution in [0, 0.1) is 5.82 Å². The Hall–Kier alpha value is -2.40. The molecule has 150 valence electrons. The number of nitrogens with zero attached hydrogens (tertiary/aromatic N) is 2. The van der Waals surface area contributed by atoms with Crippen LogP contribution in [-0.2, 0) is 6.54 Å². The molecule has 28 heavy (non-hydrogen) atoms. The smallest absolute Gasteiger partial charge is 0.410 e. The molecule has 2 aromatic rings. The highest BCUT2D eigenvalue weighted by atomic mass is 19.1. The lowest BCUT2D eigenvalue weighted by atomic mass is 9.81. The van der Waals surface area contributed by atoms with Gasteiger partial charge in [0.05, 0.1) is 0 Å². The average molecular weight is 384 g/mol. The Morgan fingerprint density at radius 1 is 0.964 bits per heavy atom. The van der Waals surface area contributed by atoms with E-state index in [-0.39, 0.29) is 18.0 Å². The van der Waals surface area contributed by atoms with Crippen molar-refractivity contribution in [3.8, 4) is 5.75 Å². The second-order valence-electron chi connectivity index (χ2n) is 7.92. The Balaban J connectivity index is 1.51. The summed E-state index contributed by atoms with van der Waals surface area (Å²) in [5, 5.41) is 0. The Morgan fingerprint density at radius 2 is 1.57 bits per heavy atom. The zero-order chi connectivity index (χ0) is 20.1. The molecule has 2 aromatic carbocycles. The van der Waals surface area contributed by atoms with E-state index < -0.39 is 0 Å². The number of carbonyl (C=O) groups excluding carboxylic acids is 1. The van der Waals surface area contributed by atoms with Crippen LogP contribution in [0.2, 0.25) is 0 Å². The first-order valence-electron chi connectivity index (χ1n) is 9.86. The molecule has 0 saturated heterocycles. The molecule has 1 fully saturated rings. The molecule has 0 heterocycles. The van der Waals surface area contributed by atoms with Gasteiger partial charge in [-0.15, -0.1) is 0 Å². The molecular formula is C23H29FN2O2. The summed E-state index contributed by atoms with van der Waals surface area (Å²) in [5.41, 5.74) is 2.71. The van der Waals surface area contributed by atoms with Gasteiger partial charge in [0.15, 0.2) is 0 Å². The lowest BCUT2D eigenvalue weighted by Crippen LogP contribution is -2.40. The summed E-state index contributed by atoms with van der Waals surface area (Å²) < 4.78 is 18.3. The highest BCUT2D eigenvalue weighted by Crippen LogP contribution is 2.34. The van der Waals surface area contributed by atoms with Crippen LogP contribution in [0.15, 0.2) is 48.5 Å². The topological polar surface area (TPSA) is 32.8 Å². The van der Waals surface area contributed by atoms with Crippen LogP contribution in [0.4, 0.5) is 9.18 Å². The van der Waals surface area contributed by atoms with Crippen LogP contribution in [0.3, 0.4) is 0 Å². The number of hydrogen-bond donors (Lipinski definition) is 0. The summed E-state index contributed by atoms with van der Waals surface area (Å²) in [6.45, 7) is 0.952. The highest BCUT2D eigenvalue weighted by molar-refractivity contribution is 5.70. The summed E-state index contributed by atoms with van der Waals surface area (Å²) in [6.07, 6.45) is 3.65. The highest BCUT2D eigenvalue weighted by Gasteiger charge is 2.28. The van der Waals surface area contributed by atoms with E-state index in [1.807, 2.05) is 0 Å². The van der Waals surface area contributed by atoms with Gasteiger partial charge in [-0.1, -0.05) is 24.3 Å². The van der Waals surface area contributed by atoms with Crippen molar-refractivity contribution in [2.75, 3.05) is 21.1 Å². The number of rotatable bonds is 5. The first kappa shape index (κ1) is 20.3. The lowest BCUT2D eigenvalue weighted by molar-refractivity contribution is 0.130. The molecule has 0 atom stereocenters. The molecule has 0 radical (unpaired) electrons. The van der Waals surface area contributed by atoms with E-state index >= 15 is 0 Å². The monoisotopic (exact) mass is 384 g/mol. The molecule has 0 aromatic heterocycles. The van der Waals surface area contributed by atoms with Gasteiger partial charge in [0.1, 0.15) is 11.6 Å². The van der Waals surface area contributed by atoms with Crippen LogP contribution in [0.1, 0.15) is 42.7 Å². The third kappa shape index (κ3) is 5.32. The van der Waals surface area contributed by atoms with Gasteiger partial charge < -0.3 is 14.5 Å². The molecule has 1 amide bonds. The van der Waals surface area contributed by atoms with E-state index in [1.54, 1.807) is 11.9 Å². The fourth-order valence-corrected chi connectivity index (χ4v) is 3.88. The molecule has 4 nitrogen and oxygen atoms in total. The first-order chi connectivity index (χ1) is 13.4. The van der Waals surface area contributed by atoms with E-state index in [2.05, 4.69) is 43.3 Å². The van der Waals surface area contributed by atoms with Gasteiger partial charge >= 0.3 is 6.09 Å². The fraction of sp³-hybridized carbons (Fsp3) is 0.435. The standard InChI is InChI=1S/C23H29FN2O2/c1-25(2)16-17-4-6-18(7-5-17)19-8-12-21(13-9-19)26(3)23(27)28-22-14-10-20(24)11-15-22/h4-7,10-11,14-15,19,21H,8-9,12-13,16H2,1-3H3/t19-,21-. The van der Waals surface area contributed by atoms with Crippen LogP contribution in [0.25, 0.3) is 0 Å². The van der Waals surface area contributed by atoms with Crippen LogP contribution in [-0.4, -0.2) is 43.1 Å². The molecule has 1 saturated carbocycles. The van der Waals surface area contributed by atoms with Gasteiger partial charge in [-0.3, -0.25) is 0 Å². The SMILES string of the molecule is CN(C)Cc1ccc([C@H]2CC[C@H](N(C)C(=O)Oc3ccc(F)cc3)CC2)cc1. The maximum atomic E-state index is 13.0.